The van der Waals surface area contributed by atoms with Crippen molar-refractivity contribution >= 4 is 33.9 Å². The highest BCUT2D eigenvalue weighted by Gasteiger charge is 2.14. The first-order valence-electron chi connectivity index (χ1n) is 20.8. The lowest BCUT2D eigenvalue weighted by atomic mass is 9.97. The largest absolute Gasteiger partial charge is 0.311 e. The van der Waals surface area contributed by atoms with Gasteiger partial charge in [0.2, 0.25) is 0 Å². The summed E-state index contributed by atoms with van der Waals surface area (Å²) in [6, 6.07) is 87.6. The van der Waals surface area contributed by atoms with E-state index in [9.17, 15) is 0 Å². The maximum atomic E-state index is 3.88. The molecule has 1 nitrogen and oxygen atoms in total. The van der Waals surface area contributed by atoms with Crippen LogP contribution in [-0.4, -0.2) is 0 Å². The molecule has 0 unspecified atom stereocenters. The maximum Gasteiger partial charge on any atom is 0.0462 e. The van der Waals surface area contributed by atoms with E-state index in [2.05, 4.69) is 254 Å². The van der Waals surface area contributed by atoms with Crippen LogP contribution in [0.1, 0.15) is 5.56 Å². The monoisotopic (exact) mass is 777 g/mol. The Morgan fingerprint density at radius 2 is 0.525 bits per heavy atom. The third kappa shape index (κ3) is 7.93. The molecule has 0 aliphatic heterocycles. The molecule has 10 aromatic carbocycles. The lowest BCUT2D eigenvalue weighted by Gasteiger charge is -2.26. The summed E-state index contributed by atoms with van der Waals surface area (Å²) in [6.07, 6.45) is 1.88. The van der Waals surface area contributed by atoms with Crippen molar-refractivity contribution in [2.45, 2.75) is 0 Å². The van der Waals surface area contributed by atoms with E-state index >= 15 is 0 Å². The zero-order valence-electron chi connectivity index (χ0n) is 33.8. The summed E-state index contributed by atoms with van der Waals surface area (Å²) in [7, 11) is 0. The summed E-state index contributed by atoms with van der Waals surface area (Å²) in [5, 5.41) is 2.52. The van der Waals surface area contributed by atoms with Gasteiger partial charge in [-0.1, -0.05) is 213 Å². The van der Waals surface area contributed by atoms with Crippen LogP contribution in [0.15, 0.2) is 249 Å². The quantitative estimate of drug-likeness (QED) is 0.134. The zero-order chi connectivity index (χ0) is 41.0. The smallest absolute Gasteiger partial charge is 0.0462 e. The summed E-state index contributed by atoms with van der Waals surface area (Å²) < 4.78 is 0. The number of rotatable bonds is 10. The summed E-state index contributed by atoms with van der Waals surface area (Å²) in [5.74, 6) is 0. The summed E-state index contributed by atoms with van der Waals surface area (Å²) in [4.78, 5) is 2.34. The molecule has 1 heteroatoms. The Balaban J connectivity index is 0.900. The predicted octanol–water partition coefficient (Wildman–Crippen LogP) is 17.0. The van der Waals surface area contributed by atoms with E-state index in [1.54, 1.807) is 0 Å². The van der Waals surface area contributed by atoms with Crippen LogP contribution < -0.4 is 4.90 Å². The Hall–Kier alpha value is -8.00. The zero-order valence-corrected chi connectivity index (χ0v) is 33.8. The highest BCUT2D eigenvalue weighted by atomic mass is 15.1. The molecule has 10 rings (SSSR count). The molecule has 288 valence electrons. The third-order valence-corrected chi connectivity index (χ3v) is 11.7. The Bertz CT molecular complexity index is 3050. The van der Waals surface area contributed by atoms with E-state index < -0.39 is 0 Å². The van der Waals surface area contributed by atoms with Crippen molar-refractivity contribution in [3.8, 4) is 66.8 Å². The molecule has 0 fully saturated rings. The number of hydrogen-bond acceptors (Lipinski definition) is 1. The molecular weight excluding hydrogens is 735 g/mol. The third-order valence-electron chi connectivity index (χ3n) is 11.7. The van der Waals surface area contributed by atoms with Crippen LogP contribution in [0.4, 0.5) is 17.1 Å². The Kier molecular flexibility index (Phi) is 10.2. The molecule has 0 aliphatic rings. The fourth-order valence-electron chi connectivity index (χ4n) is 8.23. The lowest BCUT2D eigenvalue weighted by Crippen LogP contribution is -2.09. The molecular formula is C60H43N. The molecule has 0 aromatic heterocycles. The Morgan fingerprint density at radius 3 is 0.902 bits per heavy atom. The van der Waals surface area contributed by atoms with Crippen LogP contribution in [0.3, 0.4) is 0 Å². The second kappa shape index (κ2) is 16.7. The molecule has 10 aromatic rings. The molecule has 61 heavy (non-hydrogen) atoms. The van der Waals surface area contributed by atoms with Crippen molar-refractivity contribution in [2.75, 3.05) is 4.90 Å². The number of hydrogen-bond donors (Lipinski definition) is 0. The average Bonchev–Trinajstić information content (AvgIpc) is 3.35. The van der Waals surface area contributed by atoms with Gasteiger partial charge in [-0.25, -0.2) is 0 Å². The topological polar surface area (TPSA) is 3.24 Å². The van der Waals surface area contributed by atoms with Crippen LogP contribution >= 0.6 is 0 Å². The fraction of sp³-hybridized carbons (Fsp3) is 0. The van der Waals surface area contributed by atoms with E-state index in [4.69, 9.17) is 0 Å². The van der Waals surface area contributed by atoms with Gasteiger partial charge in [0.25, 0.3) is 0 Å². The van der Waals surface area contributed by atoms with E-state index in [0.29, 0.717) is 0 Å². The summed E-state index contributed by atoms with van der Waals surface area (Å²) in [6.45, 7) is 3.88. The summed E-state index contributed by atoms with van der Waals surface area (Å²) in [5.41, 5.74) is 18.8. The van der Waals surface area contributed by atoms with Crippen LogP contribution in [0, 0.1) is 0 Å². The second-order valence-electron chi connectivity index (χ2n) is 15.5. The van der Waals surface area contributed by atoms with Gasteiger partial charge >= 0.3 is 0 Å². The van der Waals surface area contributed by atoms with Gasteiger partial charge in [-0.3, -0.25) is 0 Å². The molecule has 0 bridgehead atoms. The van der Waals surface area contributed by atoms with Crippen LogP contribution in [0.5, 0.6) is 0 Å². The van der Waals surface area contributed by atoms with E-state index in [1.165, 1.54) is 77.5 Å². The number of nitrogens with zero attached hydrogens (tertiary/aromatic N) is 1. The van der Waals surface area contributed by atoms with Crippen LogP contribution in [-0.2, 0) is 0 Å². The number of fused-ring (bicyclic) bond motifs is 1. The fourth-order valence-corrected chi connectivity index (χ4v) is 8.23. The molecule has 0 amide bonds. The van der Waals surface area contributed by atoms with Gasteiger partial charge in [-0.2, -0.15) is 0 Å². The number of anilines is 3. The van der Waals surface area contributed by atoms with Crippen molar-refractivity contribution < 1.29 is 0 Å². The van der Waals surface area contributed by atoms with Crippen molar-refractivity contribution in [3.63, 3.8) is 0 Å². The highest BCUT2D eigenvalue weighted by molar-refractivity contribution is 5.88. The normalized spacial score (nSPS) is 11.0. The maximum absolute atomic E-state index is 3.88. The minimum Gasteiger partial charge on any atom is -0.311 e. The van der Waals surface area contributed by atoms with Crippen molar-refractivity contribution in [1.29, 1.82) is 0 Å². The minimum atomic E-state index is 1.10. The van der Waals surface area contributed by atoms with E-state index in [-0.39, 0.29) is 0 Å². The summed E-state index contributed by atoms with van der Waals surface area (Å²) >= 11 is 0. The second-order valence-corrected chi connectivity index (χ2v) is 15.5. The van der Waals surface area contributed by atoms with Gasteiger partial charge in [-0.15, -0.1) is 0 Å². The van der Waals surface area contributed by atoms with Gasteiger partial charge in [0, 0.05) is 17.1 Å². The van der Waals surface area contributed by atoms with Crippen LogP contribution in [0.2, 0.25) is 0 Å². The molecule has 0 spiro atoms. The van der Waals surface area contributed by atoms with Gasteiger partial charge in [0.05, 0.1) is 0 Å². The molecule has 0 heterocycles. The first-order valence-corrected chi connectivity index (χ1v) is 20.8. The standard InChI is InChI=1S/C60H43N/c1-2-43-12-14-46(15-13-43)47-16-20-50(21-17-47)53-32-38-59(39-33-53)61(58-36-30-52(31-37-58)44-8-4-3-5-9-44)60-40-34-54(35-41-60)51-22-18-48(19-23-51)49-24-26-55(27-25-49)57-29-28-45-10-6-7-11-56(45)42-57/h2-42H,1H2. The molecule has 0 saturated carbocycles. The van der Waals surface area contributed by atoms with Gasteiger partial charge in [-0.05, 0) is 126 Å². The Morgan fingerprint density at radius 1 is 0.246 bits per heavy atom. The predicted molar refractivity (Wildman–Crippen MR) is 261 cm³/mol. The Labute approximate surface area is 358 Å². The minimum absolute atomic E-state index is 1.10. The van der Waals surface area contributed by atoms with Gasteiger partial charge in [0.1, 0.15) is 0 Å². The van der Waals surface area contributed by atoms with Crippen molar-refractivity contribution in [1.82, 2.24) is 0 Å². The lowest BCUT2D eigenvalue weighted by molar-refractivity contribution is 1.28. The number of benzene rings is 10. The molecule has 0 saturated heterocycles. The van der Waals surface area contributed by atoms with Crippen molar-refractivity contribution in [3.05, 3.63) is 255 Å². The highest BCUT2D eigenvalue weighted by Crippen LogP contribution is 2.38. The molecule has 0 N–H and O–H groups in total. The van der Waals surface area contributed by atoms with E-state index in [1.807, 2.05) is 6.08 Å². The van der Waals surface area contributed by atoms with E-state index in [0.717, 1.165) is 22.6 Å². The van der Waals surface area contributed by atoms with Gasteiger partial charge in [0.15, 0.2) is 0 Å². The van der Waals surface area contributed by atoms with Crippen LogP contribution in [0.25, 0.3) is 83.6 Å². The first kappa shape index (κ1) is 37.3. The average molecular weight is 778 g/mol. The molecule has 0 aliphatic carbocycles. The first-order chi connectivity index (χ1) is 30.1. The molecule has 0 radical (unpaired) electrons. The van der Waals surface area contributed by atoms with Gasteiger partial charge < -0.3 is 4.90 Å². The molecule has 0 atom stereocenters. The SMILES string of the molecule is C=Cc1ccc(-c2ccc(-c3ccc(N(c4ccc(-c5ccccc5)cc4)c4ccc(-c5ccc(-c6ccc(-c7ccc8ccccc8c7)cc6)cc5)cc4)cc3)cc2)cc1. The van der Waals surface area contributed by atoms with Crippen molar-refractivity contribution in [2.24, 2.45) is 0 Å².